The third kappa shape index (κ3) is 4.04. The quantitative estimate of drug-likeness (QED) is 0.429. The molecule has 0 radical (unpaired) electrons. The molecule has 0 fully saturated rings. The fourth-order valence-electron chi connectivity index (χ4n) is 2.05. The number of H-pyrrole nitrogens is 1. The minimum Gasteiger partial charge on any atom is -0.457 e. The molecule has 0 saturated carbocycles. The highest BCUT2D eigenvalue weighted by Crippen LogP contribution is 2.27. The molecule has 2 N–H and O–H groups in total. The monoisotopic (exact) mass is 337 g/mol. The predicted octanol–water partition coefficient (Wildman–Crippen LogP) is 1.37. The minimum atomic E-state index is -0.468. The molecule has 0 saturated heterocycles. The van der Waals surface area contributed by atoms with E-state index in [0.717, 1.165) is 11.3 Å². The summed E-state index contributed by atoms with van der Waals surface area (Å²) in [7, 11) is 1.62. The normalized spacial score (nSPS) is 10.9. The Morgan fingerprint density at radius 1 is 1.52 bits per heavy atom. The average molecular weight is 337 g/mol. The highest BCUT2D eigenvalue weighted by atomic mass is 32.1. The number of nitrogens with one attached hydrogen (secondary N) is 2. The van der Waals surface area contributed by atoms with Crippen molar-refractivity contribution in [2.75, 3.05) is 26.9 Å². The van der Waals surface area contributed by atoms with E-state index in [9.17, 15) is 9.59 Å². The standard InChI is InChI=1S/C15H19N3O4S/c1-4-6-22-15(20)12-9(2)11-13(19)17-10(18-14(11)23-12)8-16-5-7-21-3/h4,16H,1,5-8H2,2-3H3,(H,17,18,19). The van der Waals surface area contributed by atoms with Crippen molar-refractivity contribution in [1.82, 2.24) is 15.3 Å². The number of carbonyl (C=O) groups is 1. The zero-order valence-electron chi connectivity index (χ0n) is 13.1. The number of esters is 1. The molecule has 0 aliphatic rings. The first-order valence-corrected chi connectivity index (χ1v) is 7.90. The summed E-state index contributed by atoms with van der Waals surface area (Å²) in [5.74, 6) is 0.0513. The molecular formula is C15H19N3O4S. The van der Waals surface area contributed by atoms with Crippen molar-refractivity contribution in [3.05, 3.63) is 39.3 Å². The van der Waals surface area contributed by atoms with Gasteiger partial charge in [-0.3, -0.25) is 4.79 Å². The van der Waals surface area contributed by atoms with Crippen molar-refractivity contribution in [2.45, 2.75) is 13.5 Å². The van der Waals surface area contributed by atoms with Crippen molar-refractivity contribution in [2.24, 2.45) is 0 Å². The lowest BCUT2D eigenvalue weighted by Crippen LogP contribution is -2.22. The van der Waals surface area contributed by atoms with Crippen LogP contribution in [0.3, 0.4) is 0 Å². The van der Waals surface area contributed by atoms with E-state index in [-0.39, 0.29) is 12.2 Å². The van der Waals surface area contributed by atoms with Crippen LogP contribution in [0.2, 0.25) is 0 Å². The first kappa shape index (κ1) is 17.3. The van der Waals surface area contributed by atoms with Gasteiger partial charge in [0.1, 0.15) is 22.1 Å². The Kier molecular flexibility index (Phi) is 6.03. The van der Waals surface area contributed by atoms with Gasteiger partial charge in [0.2, 0.25) is 0 Å². The third-order valence-electron chi connectivity index (χ3n) is 3.14. The fraction of sp³-hybridized carbons (Fsp3) is 0.400. The number of aromatic amines is 1. The van der Waals surface area contributed by atoms with E-state index in [1.54, 1.807) is 14.0 Å². The first-order valence-electron chi connectivity index (χ1n) is 7.08. The van der Waals surface area contributed by atoms with E-state index >= 15 is 0 Å². The number of ether oxygens (including phenoxy) is 2. The van der Waals surface area contributed by atoms with Gasteiger partial charge >= 0.3 is 5.97 Å². The Balaban J connectivity index is 2.28. The lowest BCUT2D eigenvalue weighted by molar-refractivity contribution is 0.0555. The van der Waals surface area contributed by atoms with Crippen molar-refractivity contribution in [3.8, 4) is 0 Å². The second-order valence-corrected chi connectivity index (χ2v) is 5.80. The molecule has 7 nitrogen and oxygen atoms in total. The maximum Gasteiger partial charge on any atom is 0.348 e. The molecule has 0 aromatic carbocycles. The van der Waals surface area contributed by atoms with Gasteiger partial charge in [-0.15, -0.1) is 11.3 Å². The number of rotatable bonds is 8. The molecule has 2 aromatic rings. The number of carbonyl (C=O) groups excluding carboxylic acids is 1. The Hall–Kier alpha value is -2.03. The molecule has 124 valence electrons. The van der Waals surface area contributed by atoms with Crippen LogP contribution in [0, 0.1) is 6.92 Å². The van der Waals surface area contributed by atoms with Gasteiger partial charge in [0.15, 0.2) is 0 Å². The smallest absolute Gasteiger partial charge is 0.348 e. The zero-order chi connectivity index (χ0) is 16.8. The number of hydrogen-bond acceptors (Lipinski definition) is 7. The number of thiophene rings is 1. The average Bonchev–Trinajstić information content (AvgIpc) is 2.86. The lowest BCUT2D eigenvalue weighted by atomic mass is 10.2. The fourth-order valence-corrected chi connectivity index (χ4v) is 3.14. The van der Waals surface area contributed by atoms with E-state index in [1.807, 2.05) is 0 Å². The lowest BCUT2D eigenvalue weighted by Gasteiger charge is -2.03. The largest absolute Gasteiger partial charge is 0.457 e. The van der Waals surface area contributed by atoms with Crippen LogP contribution in [-0.4, -0.2) is 42.8 Å². The van der Waals surface area contributed by atoms with Gasteiger partial charge in [0, 0.05) is 13.7 Å². The number of hydrogen-bond donors (Lipinski definition) is 2. The molecule has 0 amide bonds. The van der Waals surface area contributed by atoms with Gasteiger partial charge in [-0.25, -0.2) is 9.78 Å². The number of nitrogens with zero attached hydrogens (tertiary/aromatic N) is 1. The van der Waals surface area contributed by atoms with E-state index in [2.05, 4.69) is 21.9 Å². The van der Waals surface area contributed by atoms with Crippen LogP contribution >= 0.6 is 11.3 Å². The Bertz CT molecular complexity index is 766. The molecule has 0 bridgehead atoms. The van der Waals surface area contributed by atoms with Gasteiger partial charge in [-0.05, 0) is 12.5 Å². The summed E-state index contributed by atoms with van der Waals surface area (Å²) in [6.07, 6.45) is 1.50. The maximum absolute atomic E-state index is 12.2. The molecule has 0 aliphatic heterocycles. The molecular weight excluding hydrogens is 318 g/mol. The van der Waals surface area contributed by atoms with E-state index in [1.165, 1.54) is 6.08 Å². The maximum atomic E-state index is 12.2. The van der Waals surface area contributed by atoms with Crippen LogP contribution in [0.1, 0.15) is 21.1 Å². The summed E-state index contributed by atoms with van der Waals surface area (Å²) in [5, 5.41) is 3.54. The number of fused-ring (bicyclic) bond motifs is 1. The second kappa shape index (κ2) is 8.00. The van der Waals surface area contributed by atoms with E-state index in [0.29, 0.717) is 46.2 Å². The number of aromatic nitrogens is 2. The third-order valence-corrected chi connectivity index (χ3v) is 4.31. The highest BCUT2D eigenvalue weighted by molar-refractivity contribution is 7.20. The second-order valence-electron chi connectivity index (χ2n) is 4.81. The van der Waals surface area contributed by atoms with Gasteiger partial charge < -0.3 is 19.8 Å². The first-order chi connectivity index (χ1) is 11.1. The predicted molar refractivity (Wildman–Crippen MR) is 89.0 cm³/mol. The highest BCUT2D eigenvalue weighted by Gasteiger charge is 2.20. The van der Waals surface area contributed by atoms with E-state index in [4.69, 9.17) is 9.47 Å². The molecule has 23 heavy (non-hydrogen) atoms. The van der Waals surface area contributed by atoms with Crippen LogP contribution in [-0.2, 0) is 16.0 Å². The van der Waals surface area contributed by atoms with E-state index < -0.39 is 5.97 Å². The van der Waals surface area contributed by atoms with Crippen LogP contribution in [0.25, 0.3) is 10.2 Å². The topological polar surface area (TPSA) is 93.3 Å². The van der Waals surface area contributed by atoms with Crippen molar-refractivity contribution >= 4 is 27.5 Å². The van der Waals surface area contributed by atoms with Crippen molar-refractivity contribution < 1.29 is 14.3 Å². The molecule has 8 heteroatoms. The molecule has 2 aromatic heterocycles. The summed E-state index contributed by atoms with van der Waals surface area (Å²) >= 11 is 1.16. The Morgan fingerprint density at radius 2 is 2.30 bits per heavy atom. The molecule has 0 spiro atoms. The van der Waals surface area contributed by atoms with Gasteiger partial charge in [0.25, 0.3) is 5.56 Å². The summed E-state index contributed by atoms with van der Waals surface area (Å²) < 4.78 is 9.98. The summed E-state index contributed by atoms with van der Waals surface area (Å²) in [6, 6.07) is 0. The molecule has 2 rings (SSSR count). The number of aryl methyl sites for hydroxylation is 1. The minimum absolute atomic E-state index is 0.130. The van der Waals surface area contributed by atoms with Crippen molar-refractivity contribution in [1.29, 1.82) is 0 Å². The SMILES string of the molecule is C=CCOC(=O)c1sc2nc(CNCCOC)[nH]c(=O)c2c1C. The zero-order valence-corrected chi connectivity index (χ0v) is 13.9. The van der Waals surface area contributed by atoms with Crippen LogP contribution in [0.15, 0.2) is 17.4 Å². The molecule has 0 unspecified atom stereocenters. The Labute approximate surface area is 137 Å². The number of methoxy groups -OCH3 is 1. The molecule has 2 heterocycles. The van der Waals surface area contributed by atoms with Gasteiger partial charge in [-0.1, -0.05) is 12.7 Å². The van der Waals surface area contributed by atoms with Crippen LogP contribution in [0.4, 0.5) is 0 Å². The van der Waals surface area contributed by atoms with Crippen LogP contribution in [0.5, 0.6) is 0 Å². The van der Waals surface area contributed by atoms with Gasteiger partial charge in [0.05, 0.1) is 18.5 Å². The molecule has 0 atom stereocenters. The summed E-state index contributed by atoms with van der Waals surface area (Å²) in [5.41, 5.74) is 0.335. The van der Waals surface area contributed by atoms with Gasteiger partial charge in [-0.2, -0.15) is 0 Å². The molecule has 0 aliphatic carbocycles. The van der Waals surface area contributed by atoms with Crippen LogP contribution < -0.4 is 10.9 Å². The Morgan fingerprint density at radius 3 is 3.00 bits per heavy atom. The summed E-state index contributed by atoms with van der Waals surface area (Å²) in [4.78, 5) is 32.3. The van der Waals surface area contributed by atoms with Crippen molar-refractivity contribution in [3.63, 3.8) is 0 Å². The summed E-state index contributed by atoms with van der Waals surface area (Å²) in [6.45, 7) is 7.00.